The molecule has 0 unspecified atom stereocenters. The Bertz CT molecular complexity index is 717. The highest BCUT2D eigenvalue weighted by molar-refractivity contribution is 5.96. The van der Waals surface area contributed by atoms with Gasteiger partial charge in [-0.15, -0.1) is 0 Å². The normalized spacial score (nSPS) is 14.5. The lowest BCUT2D eigenvalue weighted by Gasteiger charge is -2.26. The molecule has 1 saturated carbocycles. The monoisotopic (exact) mass is 294 g/mol. The van der Waals surface area contributed by atoms with E-state index in [-0.39, 0.29) is 5.91 Å². The van der Waals surface area contributed by atoms with Gasteiger partial charge in [-0.2, -0.15) is 0 Å². The van der Waals surface area contributed by atoms with Crippen molar-refractivity contribution in [1.29, 1.82) is 0 Å². The van der Waals surface area contributed by atoms with E-state index in [9.17, 15) is 4.79 Å². The molecule has 22 heavy (non-hydrogen) atoms. The summed E-state index contributed by atoms with van der Waals surface area (Å²) in [6, 6.07) is 8.40. The Balaban J connectivity index is 1.91. The van der Waals surface area contributed by atoms with Crippen molar-refractivity contribution in [3.63, 3.8) is 0 Å². The second-order valence-corrected chi connectivity index (χ2v) is 6.26. The molecular formula is C19H22N2O. The number of pyridine rings is 1. The molecule has 0 aliphatic heterocycles. The second-order valence-electron chi connectivity index (χ2n) is 6.26. The first-order valence-electron chi connectivity index (χ1n) is 7.90. The SMILES string of the molecule is Cc1ccc(C(=O)NC2CCC2)cc1-c1cnc(C)c(C)c1. The maximum absolute atomic E-state index is 12.3. The topological polar surface area (TPSA) is 42.0 Å². The molecule has 3 heteroatoms. The van der Waals surface area contributed by atoms with Gasteiger partial charge in [-0.3, -0.25) is 9.78 Å². The van der Waals surface area contributed by atoms with Crippen molar-refractivity contribution in [3.05, 3.63) is 52.8 Å². The maximum atomic E-state index is 12.3. The van der Waals surface area contributed by atoms with Crippen LogP contribution in [0.1, 0.15) is 46.4 Å². The van der Waals surface area contributed by atoms with Gasteiger partial charge >= 0.3 is 0 Å². The second kappa shape index (κ2) is 5.91. The van der Waals surface area contributed by atoms with Gasteiger partial charge in [-0.1, -0.05) is 6.07 Å². The molecule has 3 nitrogen and oxygen atoms in total. The standard InChI is InChI=1S/C19H22N2O/c1-12-7-8-15(19(22)21-17-5-4-6-17)10-18(12)16-9-13(2)14(3)20-11-16/h7-11,17H,4-6H2,1-3H3,(H,21,22). The van der Waals surface area contributed by atoms with Crippen molar-refractivity contribution in [1.82, 2.24) is 10.3 Å². The van der Waals surface area contributed by atoms with E-state index in [0.29, 0.717) is 6.04 Å². The van der Waals surface area contributed by atoms with Gasteiger partial charge in [-0.05, 0) is 74.9 Å². The predicted octanol–water partition coefficient (Wildman–Crippen LogP) is 3.96. The summed E-state index contributed by atoms with van der Waals surface area (Å²) in [5.41, 5.74) is 6.24. The molecule has 1 aliphatic rings. The van der Waals surface area contributed by atoms with Gasteiger partial charge in [0.15, 0.2) is 0 Å². The fraction of sp³-hybridized carbons (Fsp3) is 0.368. The fourth-order valence-corrected chi connectivity index (χ4v) is 2.69. The maximum Gasteiger partial charge on any atom is 0.251 e. The number of carbonyl (C=O) groups excluding carboxylic acids is 1. The summed E-state index contributed by atoms with van der Waals surface area (Å²) in [7, 11) is 0. The zero-order valence-corrected chi connectivity index (χ0v) is 13.4. The zero-order valence-electron chi connectivity index (χ0n) is 13.4. The van der Waals surface area contributed by atoms with E-state index in [1.165, 1.54) is 12.0 Å². The molecule has 1 heterocycles. The fourth-order valence-electron chi connectivity index (χ4n) is 2.69. The predicted molar refractivity (Wildman–Crippen MR) is 89.0 cm³/mol. The molecule has 1 fully saturated rings. The Morgan fingerprint density at radius 3 is 2.55 bits per heavy atom. The van der Waals surface area contributed by atoms with Gasteiger partial charge in [0.05, 0.1) is 0 Å². The van der Waals surface area contributed by atoms with E-state index in [0.717, 1.165) is 40.8 Å². The minimum atomic E-state index is 0.0303. The first kappa shape index (κ1) is 14.8. The third-order valence-corrected chi connectivity index (χ3v) is 4.59. The van der Waals surface area contributed by atoms with Gasteiger partial charge in [0, 0.05) is 29.1 Å². The van der Waals surface area contributed by atoms with Crippen LogP contribution >= 0.6 is 0 Å². The van der Waals surface area contributed by atoms with Crippen LogP contribution in [0.4, 0.5) is 0 Å². The van der Waals surface area contributed by atoms with Crippen molar-refractivity contribution < 1.29 is 4.79 Å². The molecule has 0 radical (unpaired) electrons. The van der Waals surface area contributed by atoms with E-state index >= 15 is 0 Å². The Morgan fingerprint density at radius 2 is 1.91 bits per heavy atom. The van der Waals surface area contributed by atoms with Crippen LogP contribution in [0.3, 0.4) is 0 Å². The van der Waals surface area contributed by atoms with E-state index in [4.69, 9.17) is 0 Å². The molecule has 1 aliphatic carbocycles. The zero-order chi connectivity index (χ0) is 15.7. The van der Waals surface area contributed by atoms with Gasteiger partial charge in [0.2, 0.25) is 0 Å². The molecule has 0 spiro atoms. The van der Waals surface area contributed by atoms with Crippen LogP contribution < -0.4 is 5.32 Å². The lowest BCUT2D eigenvalue weighted by atomic mass is 9.92. The summed E-state index contributed by atoms with van der Waals surface area (Å²) in [5, 5.41) is 3.10. The average molecular weight is 294 g/mol. The van der Waals surface area contributed by atoms with Crippen LogP contribution in [0.2, 0.25) is 0 Å². The highest BCUT2D eigenvalue weighted by Crippen LogP contribution is 2.26. The van der Waals surface area contributed by atoms with Crippen molar-refractivity contribution in [2.24, 2.45) is 0 Å². The summed E-state index contributed by atoms with van der Waals surface area (Å²) in [4.78, 5) is 16.8. The summed E-state index contributed by atoms with van der Waals surface area (Å²) in [6.45, 7) is 6.14. The van der Waals surface area contributed by atoms with Crippen LogP contribution in [-0.4, -0.2) is 16.9 Å². The number of aromatic nitrogens is 1. The Hall–Kier alpha value is -2.16. The number of nitrogens with zero attached hydrogens (tertiary/aromatic N) is 1. The quantitative estimate of drug-likeness (QED) is 0.931. The smallest absolute Gasteiger partial charge is 0.251 e. The van der Waals surface area contributed by atoms with E-state index in [2.05, 4.69) is 30.2 Å². The first-order chi connectivity index (χ1) is 10.5. The molecule has 2 aromatic rings. The highest BCUT2D eigenvalue weighted by Gasteiger charge is 2.20. The van der Waals surface area contributed by atoms with Gasteiger partial charge in [0.1, 0.15) is 0 Å². The van der Waals surface area contributed by atoms with Crippen molar-refractivity contribution in [2.45, 2.75) is 46.1 Å². The van der Waals surface area contributed by atoms with Crippen molar-refractivity contribution in [2.75, 3.05) is 0 Å². The number of hydrogen-bond acceptors (Lipinski definition) is 2. The first-order valence-corrected chi connectivity index (χ1v) is 7.90. The van der Waals surface area contributed by atoms with Crippen LogP contribution in [0.15, 0.2) is 30.5 Å². The molecule has 0 saturated heterocycles. The number of amides is 1. The minimum Gasteiger partial charge on any atom is -0.349 e. The number of carbonyl (C=O) groups is 1. The van der Waals surface area contributed by atoms with Crippen LogP contribution in [0, 0.1) is 20.8 Å². The molecule has 1 aromatic carbocycles. The molecule has 1 aromatic heterocycles. The number of nitrogens with one attached hydrogen (secondary N) is 1. The third kappa shape index (κ3) is 2.89. The van der Waals surface area contributed by atoms with Crippen molar-refractivity contribution in [3.8, 4) is 11.1 Å². The Morgan fingerprint density at radius 1 is 1.14 bits per heavy atom. The van der Waals surface area contributed by atoms with Crippen molar-refractivity contribution >= 4 is 5.91 Å². The van der Waals surface area contributed by atoms with E-state index in [1.807, 2.05) is 31.3 Å². The highest BCUT2D eigenvalue weighted by atomic mass is 16.1. The molecule has 3 rings (SSSR count). The summed E-state index contributed by atoms with van der Waals surface area (Å²) in [6.07, 6.45) is 5.31. The molecule has 114 valence electrons. The molecule has 1 amide bonds. The molecule has 0 bridgehead atoms. The molecule has 0 atom stereocenters. The lowest BCUT2D eigenvalue weighted by molar-refractivity contribution is 0.0917. The summed E-state index contributed by atoms with van der Waals surface area (Å²) >= 11 is 0. The number of benzene rings is 1. The number of hydrogen-bond donors (Lipinski definition) is 1. The minimum absolute atomic E-state index is 0.0303. The lowest BCUT2D eigenvalue weighted by Crippen LogP contribution is -2.39. The Kier molecular flexibility index (Phi) is 3.97. The number of rotatable bonds is 3. The molecular weight excluding hydrogens is 272 g/mol. The van der Waals surface area contributed by atoms with Gasteiger partial charge in [-0.25, -0.2) is 0 Å². The van der Waals surface area contributed by atoms with Crippen LogP contribution in [0.5, 0.6) is 0 Å². The van der Waals surface area contributed by atoms with Crippen LogP contribution in [-0.2, 0) is 0 Å². The average Bonchev–Trinajstić information content (AvgIpc) is 2.46. The largest absolute Gasteiger partial charge is 0.349 e. The van der Waals surface area contributed by atoms with E-state index < -0.39 is 0 Å². The number of aryl methyl sites for hydroxylation is 3. The summed E-state index contributed by atoms with van der Waals surface area (Å²) < 4.78 is 0. The van der Waals surface area contributed by atoms with E-state index in [1.54, 1.807) is 0 Å². The summed E-state index contributed by atoms with van der Waals surface area (Å²) in [5.74, 6) is 0.0303. The third-order valence-electron chi connectivity index (χ3n) is 4.59. The Labute approximate surface area is 131 Å². The molecule has 1 N–H and O–H groups in total. The van der Waals surface area contributed by atoms with Gasteiger partial charge in [0.25, 0.3) is 5.91 Å². The van der Waals surface area contributed by atoms with Gasteiger partial charge < -0.3 is 5.32 Å². The van der Waals surface area contributed by atoms with Crippen LogP contribution in [0.25, 0.3) is 11.1 Å².